The van der Waals surface area contributed by atoms with Crippen LogP contribution >= 0.6 is 11.3 Å². The fourth-order valence-corrected chi connectivity index (χ4v) is 2.44. The normalized spacial score (nSPS) is 11.8. The van der Waals surface area contributed by atoms with Gasteiger partial charge in [0.15, 0.2) is 0 Å². The van der Waals surface area contributed by atoms with Gasteiger partial charge in [0.05, 0.1) is 12.5 Å². The summed E-state index contributed by atoms with van der Waals surface area (Å²) in [6.45, 7) is 1.44. The quantitative estimate of drug-likeness (QED) is 0.777. The molecule has 0 aromatic carbocycles. The maximum Gasteiger partial charge on any atom is 0.229 e. The summed E-state index contributed by atoms with van der Waals surface area (Å²) in [6, 6.07) is 3.47. The van der Waals surface area contributed by atoms with E-state index in [0.717, 1.165) is 4.88 Å². The Labute approximate surface area is 114 Å². The molecule has 0 aliphatic rings. The highest BCUT2D eigenvalue weighted by Gasteiger charge is 2.18. The Kier molecular flexibility index (Phi) is 4.30. The molecular formula is C12H14N4O2S. The minimum atomic E-state index is -0.313. The third-order valence-electron chi connectivity index (χ3n) is 2.41. The molecule has 100 valence electrons. The lowest BCUT2D eigenvalue weighted by atomic mass is 10.1. The molecule has 0 saturated carbocycles. The van der Waals surface area contributed by atoms with Gasteiger partial charge in [0, 0.05) is 24.2 Å². The Bertz CT molecular complexity index is 536. The third kappa shape index (κ3) is 3.92. The Morgan fingerprint density at radius 2 is 2.37 bits per heavy atom. The maximum absolute atomic E-state index is 11.9. The van der Waals surface area contributed by atoms with E-state index < -0.39 is 0 Å². The third-order valence-corrected chi connectivity index (χ3v) is 3.40. The molecule has 6 nitrogen and oxygen atoms in total. The summed E-state index contributed by atoms with van der Waals surface area (Å²) in [4.78, 5) is 30.7. The molecule has 0 fully saturated rings. The van der Waals surface area contributed by atoms with Gasteiger partial charge in [-0.3, -0.25) is 14.9 Å². The topological polar surface area (TPSA) is 86.9 Å². The first kappa shape index (κ1) is 13.3. The van der Waals surface area contributed by atoms with Gasteiger partial charge >= 0.3 is 0 Å². The molecule has 0 aliphatic carbocycles. The smallest absolute Gasteiger partial charge is 0.229 e. The first-order valence-electron chi connectivity index (χ1n) is 5.75. The number of thiophene rings is 1. The molecule has 7 heteroatoms. The first-order chi connectivity index (χ1) is 9.15. The number of anilines is 1. The fourth-order valence-electron chi connectivity index (χ4n) is 1.66. The van der Waals surface area contributed by atoms with Crippen molar-refractivity contribution in [2.24, 2.45) is 0 Å². The maximum atomic E-state index is 11.9. The van der Waals surface area contributed by atoms with Gasteiger partial charge in [0.2, 0.25) is 17.8 Å². The second kappa shape index (κ2) is 6.14. The van der Waals surface area contributed by atoms with Crippen LogP contribution in [0.25, 0.3) is 0 Å². The van der Waals surface area contributed by atoms with Crippen molar-refractivity contribution in [3.63, 3.8) is 0 Å². The second-order valence-electron chi connectivity index (χ2n) is 3.96. The Morgan fingerprint density at radius 3 is 2.95 bits per heavy atom. The number of carbonyl (C=O) groups is 2. The van der Waals surface area contributed by atoms with Gasteiger partial charge in [-0.2, -0.15) is 0 Å². The molecular weight excluding hydrogens is 264 g/mol. The molecule has 1 atom stereocenters. The van der Waals surface area contributed by atoms with Crippen LogP contribution in [0, 0.1) is 0 Å². The van der Waals surface area contributed by atoms with Gasteiger partial charge in [0.25, 0.3) is 0 Å². The molecule has 2 rings (SSSR count). The zero-order chi connectivity index (χ0) is 13.7. The van der Waals surface area contributed by atoms with Crippen LogP contribution in [0.15, 0.2) is 29.9 Å². The number of hydrogen-bond donors (Lipinski definition) is 3. The highest BCUT2D eigenvalue weighted by molar-refractivity contribution is 7.10. The average Bonchev–Trinajstić information content (AvgIpc) is 2.99. The molecule has 1 unspecified atom stereocenters. The van der Waals surface area contributed by atoms with Crippen molar-refractivity contribution in [2.75, 3.05) is 5.32 Å². The van der Waals surface area contributed by atoms with Crippen LogP contribution in [-0.4, -0.2) is 21.8 Å². The molecule has 0 radical (unpaired) electrons. The number of carbonyl (C=O) groups excluding carboxylic acids is 2. The molecule has 0 spiro atoms. The first-order valence-corrected chi connectivity index (χ1v) is 6.63. The molecule has 2 amide bonds. The van der Waals surface area contributed by atoms with Crippen LogP contribution in [0.4, 0.5) is 5.95 Å². The van der Waals surface area contributed by atoms with Gasteiger partial charge in [-0.05, 0) is 11.4 Å². The van der Waals surface area contributed by atoms with Crippen molar-refractivity contribution in [3.05, 3.63) is 34.8 Å². The van der Waals surface area contributed by atoms with E-state index in [0.29, 0.717) is 5.95 Å². The number of aromatic amines is 1. The predicted octanol–water partition coefficient (Wildman–Crippen LogP) is 1.68. The van der Waals surface area contributed by atoms with Gasteiger partial charge in [-0.1, -0.05) is 6.07 Å². The number of nitrogens with one attached hydrogen (secondary N) is 3. The van der Waals surface area contributed by atoms with Crippen molar-refractivity contribution < 1.29 is 9.59 Å². The lowest BCUT2D eigenvalue weighted by molar-refractivity contribution is -0.120. The van der Waals surface area contributed by atoms with Crippen LogP contribution in [0.2, 0.25) is 0 Å². The van der Waals surface area contributed by atoms with Gasteiger partial charge < -0.3 is 10.3 Å². The minimum Gasteiger partial charge on any atom is -0.348 e. The fraction of sp³-hybridized carbons (Fsp3) is 0.250. The zero-order valence-corrected chi connectivity index (χ0v) is 11.2. The summed E-state index contributed by atoms with van der Waals surface area (Å²) in [6.07, 6.45) is 3.35. The largest absolute Gasteiger partial charge is 0.348 e. The second-order valence-corrected chi connectivity index (χ2v) is 4.94. The van der Waals surface area contributed by atoms with E-state index in [2.05, 4.69) is 20.6 Å². The van der Waals surface area contributed by atoms with Crippen molar-refractivity contribution in [1.82, 2.24) is 15.3 Å². The molecule has 0 aliphatic heterocycles. The molecule has 19 heavy (non-hydrogen) atoms. The number of hydrogen-bond acceptors (Lipinski definition) is 4. The summed E-state index contributed by atoms with van der Waals surface area (Å²) >= 11 is 1.50. The van der Waals surface area contributed by atoms with Crippen LogP contribution in [0.1, 0.15) is 24.3 Å². The van der Waals surface area contributed by atoms with E-state index in [1.807, 2.05) is 17.5 Å². The SMILES string of the molecule is CC(=O)NC(CC(=O)Nc1ncc[nH]1)c1cccs1. The van der Waals surface area contributed by atoms with E-state index in [1.165, 1.54) is 18.3 Å². The van der Waals surface area contributed by atoms with Crippen LogP contribution in [0.3, 0.4) is 0 Å². The minimum absolute atomic E-state index is 0.163. The Morgan fingerprint density at radius 1 is 1.53 bits per heavy atom. The van der Waals surface area contributed by atoms with Gasteiger partial charge in [-0.25, -0.2) is 4.98 Å². The predicted molar refractivity (Wildman–Crippen MR) is 72.7 cm³/mol. The van der Waals surface area contributed by atoms with E-state index in [4.69, 9.17) is 0 Å². The number of aromatic nitrogens is 2. The summed E-state index contributed by atoms with van der Waals surface area (Å²) < 4.78 is 0. The number of imidazole rings is 1. The Balaban J connectivity index is 1.99. The van der Waals surface area contributed by atoms with E-state index in [9.17, 15) is 9.59 Å². The van der Waals surface area contributed by atoms with Gasteiger partial charge in [0.1, 0.15) is 0 Å². The van der Waals surface area contributed by atoms with E-state index >= 15 is 0 Å². The molecule has 2 heterocycles. The number of H-pyrrole nitrogens is 1. The summed E-state index contributed by atoms with van der Waals surface area (Å²) in [5.41, 5.74) is 0. The van der Waals surface area contributed by atoms with Crippen molar-refractivity contribution in [1.29, 1.82) is 0 Å². The molecule has 0 saturated heterocycles. The van der Waals surface area contributed by atoms with E-state index in [1.54, 1.807) is 12.4 Å². The average molecular weight is 278 g/mol. The van der Waals surface area contributed by atoms with Gasteiger partial charge in [-0.15, -0.1) is 11.3 Å². The molecule has 2 aromatic rings. The summed E-state index contributed by atoms with van der Waals surface area (Å²) in [5, 5.41) is 7.32. The zero-order valence-electron chi connectivity index (χ0n) is 10.3. The van der Waals surface area contributed by atoms with Crippen molar-refractivity contribution in [3.8, 4) is 0 Å². The highest BCUT2D eigenvalue weighted by atomic mass is 32.1. The van der Waals surface area contributed by atoms with E-state index in [-0.39, 0.29) is 24.3 Å². The van der Waals surface area contributed by atoms with Crippen LogP contribution < -0.4 is 10.6 Å². The van der Waals surface area contributed by atoms with Crippen molar-refractivity contribution >= 4 is 29.1 Å². The highest BCUT2D eigenvalue weighted by Crippen LogP contribution is 2.22. The molecule has 2 aromatic heterocycles. The number of nitrogens with zero attached hydrogens (tertiary/aromatic N) is 1. The standard InChI is InChI=1S/C12H14N4O2S/c1-8(17)15-9(10-3-2-6-19-10)7-11(18)16-12-13-4-5-14-12/h2-6,9H,7H2,1H3,(H,15,17)(H2,13,14,16,18). The molecule has 0 bridgehead atoms. The lowest BCUT2D eigenvalue weighted by Crippen LogP contribution is -2.29. The molecule has 3 N–H and O–H groups in total. The Hall–Kier alpha value is -2.15. The lowest BCUT2D eigenvalue weighted by Gasteiger charge is -2.15. The monoisotopic (exact) mass is 278 g/mol. The summed E-state index contributed by atoms with van der Waals surface area (Å²) in [5.74, 6) is 0.0315. The number of rotatable bonds is 5. The van der Waals surface area contributed by atoms with Crippen LogP contribution in [-0.2, 0) is 9.59 Å². The summed E-state index contributed by atoms with van der Waals surface area (Å²) in [7, 11) is 0. The van der Waals surface area contributed by atoms with Crippen molar-refractivity contribution in [2.45, 2.75) is 19.4 Å². The number of amides is 2. The van der Waals surface area contributed by atoms with Crippen LogP contribution in [0.5, 0.6) is 0 Å².